The first-order chi connectivity index (χ1) is 33.0. The molecule has 68 heavy (non-hydrogen) atoms. The molecule has 0 saturated carbocycles. The number of nitrogens with one attached hydrogen (secondary N) is 1. The molecule has 9 heteroatoms. The third-order valence-electron chi connectivity index (χ3n) is 12.7. The Kier molecular flexibility index (Phi) is 48.8. The van der Waals surface area contributed by atoms with Crippen LogP contribution in [0.25, 0.3) is 0 Å². The Morgan fingerprint density at radius 1 is 0.500 bits per heavy atom. The number of carbonyl (C=O) groups excluding carboxylic acids is 1. The number of carbonyl (C=O) groups is 1. The molecule has 0 bridgehead atoms. The average molecular weight is 977 g/mol. The molecule has 3 unspecified atom stereocenters. The van der Waals surface area contributed by atoms with Crippen molar-refractivity contribution in [2.75, 3.05) is 40.9 Å². The van der Waals surface area contributed by atoms with E-state index in [0.717, 1.165) is 57.8 Å². The topological polar surface area (TPSA) is 105 Å². The van der Waals surface area contributed by atoms with Crippen LogP contribution in [-0.4, -0.2) is 73.4 Å². The number of unbranched alkanes of at least 4 members (excludes halogenated alkanes) is 31. The van der Waals surface area contributed by atoms with Gasteiger partial charge < -0.3 is 19.8 Å². The van der Waals surface area contributed by atoms with Crippen molar-refractivity contribution >= 4 is 13.7 Å². The number of rotatable bonds is 52. The molecule has 0 aliphatic rings. The monoisotopic (exact) mass is 976 g/mol. The summed E-state index contributed by atoms with van der Waals surface area (Å²) in [6, 6.07) is -0.871. The van der Waals surface area contributed by atoms with Gasteiger partial charge in [0.05, 0.1) is 39.9 Å². The van der Waals surface area contributed by atoms with Gasteiger partial charge in [0.1, 0.15) is 13.2 Å². The first kappa shape index (κ1) is 66.2. The molecule has 0 aliphatic heterocycles. The number of nitrogens with zero attached hydrogens (tertiary/aromatic N) is 1. The van der Waals surface area contributed by atoms with E-state index in [2.05, 4.69) is 67.8 Å². The molecule has 1 amide bonds. The highest BCUT2D eigenvalue weighted by atomic mass is 31.2. The summed E-state index contributed by atoms with van der Waals surface area (Å²) in [6.45, 7) is 4.80. The van der Waals surface area contributed by atoms with Crippen LogP contribution in [-0.2, 0) is 18.4 Å². The molecular weight excluding hydrogens is 864 g/mol. The lowest BCUT2D eigenvalue weighted by Crippen LogP contribution is -2.45. The molecule has 0 aromatic carbocycles. The summed E-state index contributed by atoms with van der Waals surface area (Å²) >= 11 is 0. The maximum atomic E-state index is 13.0. The summed E-state index contributed by atoms with van der Waals surface area (Å²) in [6.07, 6.45) is 67.5. The number of aliphatic hydroxyl groups is 1. The van der Waals surface area contributed by atoms with Crippen LogP contribution < -0.4 is 5.32 Å². The van der Waals surface area contributed by atoms with Gasteiger partial charge in [-0.25, -0.2) is 4.57 Å². The van der Waals surface area contributed by atoms with Gasteiger partial charge in [0, 0.05) is 6.42 Å². The van der Waals surface area contributed by atoms with Gasteiger partial charge in [-0.3, -0.25) is 13.8 Å². The van der Waals surface area contributed by atoms with Gasteiger partial charge in [-0.05, 0) is 70.6 Å². The van der Waals surface area contributed by atoms with E-state index >= 15 is 0 Å². The van der Waals surface area contributed by atoms with Gasteiger partial charge in [0.15, 0.2) is 0 Å². The SMILES string of the molecule is CCCCCCC/C=C\C/C=C\C/C=C\CCCCCCCCCCC(=O)NC(COP(=O)(O)OCC[N+](C)(C)C)C(O)/C=C/CC/C=C/CCCCCCCCCCCCCCCCCCC. The molecule has 0 saturated heterocycles. The van der Waals surface area contributed by atoms with E-state index in [1.165, 1.54) is 180 Å². The van der Waals surface area contributed by atoms with Crippen molar-refractivity contribution < 1.29 is 32.9 Å². The largest absolute Gasteiger partial charge is 0.472 e. The van der Waals surface area contributed by atoms with Crippen LogP contribution in [0.3, 0.4) is 0 Å². The van der Waals surface area contributed by atoms with Crippen LogP contribution >= 0.6 is 7.82 Å². The molecule has 3 N–H and O–H groups in total. The summed E-state index contributed by atoms with van der Waals surface area (Å²) in [5.74, 6) is -0.194. The van der Waals surface area contributed by atoms with Gasteiger partial charge in [0.25, 0.3) is 0 Å². The molecule has 0 heterocycles. The van der Waals surface area contributed by atoms with E-state index in [-0.39, 0.29) is 19.1 Å². The fraction of sp³-hybridized carbons (Fsp3) is 0.814. The Morgan fingerprint density at radius 2 is 0.853 bits per heavy atom. The molecule has 0 fully saturated rings. The van der Waals surface area contributed by atoms with Crippen LogP contribution in [0.2, 0.25) is 0 Å². The number of phosphoric ester groups is 1. The first-order valence-corrected chi connectivity index (χ1v) is 30.2. The van der Waals surface area contributed by atoms with Gasteiger partial charge in [-0.15, -0.1) is 0 Å². The van der Waals surface area contributed by atoms with Gasteiger partial charge >= 0.3 is 7.82 Å². The van der Waals surface area contributed by atoms with Gasteiger partial charge in [-0.2, -0.15) is 0 Å². The predicted molar refractivity (Wildman–Crippen MR) is 295 cm³/mol. The maximum absolute atomic E-state index is 13.0. The molecule has 0 rings (SSSR count). The van der Waals surface area contributed by atoms with Crippen LogP contribution in [0.1, 0.15) is 258 Å². The highest BCUT2D eigenvalue weighted by molar-refractivity contribution is 7.47. The van der Waals surface area contributed by atoms with Crippen molar-refractivity contribution in [2.45, 2.75) is 270 Å². The number of phosphoric acid groups is 1. The van der Waals surface area contributed by atoms with Crippen LogP contribution in [0.15, 0.2) is 60.8 Å². The fourth-order valence-corrected chi connectivity index (χ4v) is 8.92. The lowest BCUT2D eigenvalue weighted by atomic mass is 10.0. The van der Waals surface area contributed by atoms with E-state index in [1.807, 2.05) is 27.2 Å². The van der Waals surface area contributed by atoms with Crippen molar-refractivity contribution in [3.05, 3.63) is 60.8 Å². The van der Waals surface area contributed by atoms with E-state index in [1.54, 1.807) is 6.08 Å². The fourth-order valence-electron chi connectivity index (χ4n) is 8.18. The van der Waals surface area contributed by atoms with Crippen molar-refractivity contribution in [1.82, 2.24) is 5.32 Å². The molecule has 8 nitrogen and oxygen atoms in total. The molecule has 0 aromatic rings. The molecule has 0 aliphatic carbocycles. The van der Waals surface area contributed by atoms with E-state index < -0.39 is 20.0 Å². The van der Waals surface area contributed by atoms with Crippen LogP contribution in [0.5, 0.6) is 0 Å². The number of amides is 1. The molecule has 0 spiro atoms. The van der Waals surface area contributed by atoms with Crippen molar-refractivity contribution in [3.8, 4) is 0 Å². The molecule has 3 atom stereocenters. The summed E-state index contributed by atoms with van der Waals surface area (Å²) < 4.78 is 23.7. The summed E-state index contributed by atoms with van der Waals surface area (Å²) in [5, 5.41) is 13.9. The zero-order chi connectivity index (χ0) is 49.9. The quantitative estimate of drug-likeness (QED) is 0.0243. The average Bonchev–Trinajstić information content (AvgIpc) is 3.30. The number of quaternary nitrogens is 1. The second-order valence-electron chi connectivity index (χ2n) is 20.7. The summed E-state index contributed by atoms with van der Waals surface area (Å²) in [4.78, 5) is 23.3. The second kappa shape index (κ2) is 50.2. The number of allylic oxidation sites excluding steroid dienone is 9. The third kappa shape index (κ3) is 52.0. The normalized spacial score (nSPS) is 14.4. The Bertz CT molecular complexity index is 1290. The Morgan fingerprint density at radius 3 is 1.28 bits per heavy atom. The standard InChI is InChI=1S/C59H111N2O6P/c1-6-8-10-12-14-16-18-20-22-24-26-28-30-32-34-36-38-40-42-44-46-48-50-52-58(62)57(56-67-68(64,65)66-55-54-61(3,4)5)60-59(63)53-51-49-47-45-43-41-39-37-35-33-31-29-27-25-23-21-19-17-15-13-11-9-7-2/h19,21,25,27,31,33,42,44,50,52,57-58,62H,6-18,20,22-24,26,28-30,32,34-41,43,45-49,51,53-56H2,1-5H3,(H-,60,63,64,65)/p+1/b21-19-,27-25-,33-31-,44-42+,52-50+. The summed E-state index contributed by atoms with van der Waals surface area (Å²) in [7, 11) is 1.55. The Hall–Kier alpha value is -1.80. The van der Waals surface area contributed by atoms with Crippen LogP contribution in [0.4, 0.5) is 0 Å². The lowest BCUT2D eigenvalue weighted by Gasteiger charge is -2.25. The minimum absolute atomic E-state index is 0.0527. The smallest absolute Gasteiger partial charge is 0.387 e. The number of aliphatic hydroxyl groups excluding tert-OH is 1. The van der Waals surface area contributed by atoms with E-state index in [4.69, 9.17) is 9.05 Å². The Labute approximate surface area is 422 Å². The zero-order valence-corrected chi connectivity index (χ0v) is 46.2. The number of likely N-dealkylation sites (N-methyl/N-ethyl adjacent to an activating group) is 1. The van der Waals surface area contributed by atoms with E-state index in [0.29, 0.717) is 17.4 Å². The van der Waals surface area contributed by atoms with Gasteiger partial charge in [-0.1, -0.05) is 242 Å². The highest BCUT2D eigenvalue weighted by Gasteiger charge is 2.27. The molecule has 398 valence electrons. The molecular formula is C59H112N2O6P+. The van der Waals surface area contributed by atoms with Crippen molar-refractivity contribution in [1.29, 1.82) is 0 Å². The number of hydrogen-bond donors (Lipinski definition) is 3. The summed E-state index contributed by atoms with van der Waals surface area (Å²) in [5.41, 5.74) is 0. The van der Waals surface area contributed by atoms with E-state index in [9.17, 15) is 19.4 Å². The Balaban J connectivity index is 4.30. The van der Waals surface area contributed by atoms with Crippen molar-refractivity contribution in [2.24, 2.45) is 0 Å². The lowest BCUT2D eigenvalue weighted by molar-refractivity contribution is -0.870. The second-order valence-corrected chi connectivity index (χ2v) is 22.1. The minimum atomic E-state index is -4.36. The predicted octanol–water partition coefficient (Wildman–Crippen LogP) is 17.3. The molecule has 0 aromatic heterocycles. The first-order valence-electron chi connectivity index (χ1n) is 28.7. The molecule has 0 radical (unpaired) electrons. The number of hydrogen-bond acceptors (Lipinski definition) is 5. The zero-order valence-electron chi connectivity index (χ0n) is 45.3. The highest BCUT2D eigenvalue weighted by Crippen LogP contribution is 2.43. The van der Waals surface area contributed by atoms with Gasteiger partial charge in [0.2, 0.25) is 5.91 Å². The minimum Gasteiger partial charge on any atom is -0.387 e. The van der Waals surface area contributed by atoms with Crippen molar-refractivity contribution in [3.63, 3.8) is 0 Å². The maximum Gasteiger partial charge on any atom is 0.472 e. The third-order valence-corrected chi connectivity index (χ3v) is 13.7. The van der Waals surface area contributed by atoms with Crippen LogP contribution in [0, 0.1) is 0 Å².